The van der Waals surface area contributed by atoms with Crippen molar-refractivity contribution in [3.05, 3.63) is 30.1 Å². The van der Waals surface area contributed by atoms with Gasteiger partial charge in [-0.2, -0.15) is 0 Å². The quantitative estimate of drug-likeness (QED) is 0.758. The molecule has 4 heteroatoms. The van der Waals surface area contributed by atoms with Gasteiger partial charge in [-0.1, -0.05) is 6.07 Å². The molecule has 1 amide bonds. The van der Waals surface area contributed by atoms with Crippen LogP contribution in [0.15, 0.2) is 24.4 Å². The number of rotatable bonds is 4. The smallest absolute Gasteiger partial charge is 0.226 e. The van der Waals surface area contributed by atoms with Gasteiger partial charge >= 0.3 is 0 Å². The fraction of sp³-hybridized carbons (Fsp3) is 0.455. The average Bonchev–Trinajstić information content (AvgIpc) is 2.18. The molecular formula is C11H16N2O2. The monoisotopic (exact) mass is 208 g/mol. The third-order valence-electron chi connectivity index (χ3n) is 1.94. The molecule has 0 aliphatic heterocycles. The summed E-state index contributed by atoms with van der Waals surface area (Å²) >= 11 is 0. The Hall–Kier alpha value is -1.42. The standard InChI is InChI=1S/C11H16N2O2/c1-11(2,8-14)13-10(15)7-9-5-3-4-6-12-9/h3-6,14H,7-8H2,1-2H3,(H,13,15). The summed E-state index contributed by atoms with van der Waals surface area (Å²) < 4.78 is 0. The fourth-order valence-corrected chi connectivity index (χ4v) is 1.13. The molecule has 0 aliphatic rings. The first-order chi connectivity index (χ1) is 7.03. The first-order valence-electron chi connectivity index (χ1n) is 4.85. The van der Waals surface area contributed by atoms with Gasteiger partial charge in [-0.15, -0.1) is 0 Å². The van der Waals surface area contributed by atoms with Gasteiger partial charge in [0.25, 0.3) is 0 Å². The van der Waals surface area contributed by atoms with Gasteiger partial charge in [-0.25, -0.2) is 0 Å². The molecule has 0 spiro atoms. The highest BCUT2D eigenvalue weighted by molar-refractivity contribution is 5.78. The zero-order valence-electron chi connectivity index (χ0n) is 9.03. The van der Waals surface area contributed by atoms with Crippen LogP contribution in [0.3, 0.4) is 0 Å². The molecule has 82 valence electrons. The van der Waals surface area contributed by atoms with Crippen molar-refractivity contribution in [2.45, 2.75) is 25.8 Å². The number of pyridine rings is 1. The van der Waals surface area contributed by atoms with Crippen molar-refractivity contribution in [2.24, 2.45) is 0 Å². The molecule has 0 radical (unpaired) electrons. The van der Waals surface area contributed by atoms with Gasteiger partial charge in [0.2, 0.25) is 5.91 Å². The van der Waals surface area contributed by atoms with Crippen LogP contribution in [0.1, 0.15) is 19.5 Å². The second kappa shape index (κ2) is 4.89. The van der Waals surface area contributed by atoms with Crippen molar-refractivity contribution in [2.75, 3.05) is 6.61 Å². The molecule has 0 aromatic carbocycles. The zero-order valence-corrected chi connectivity index (χ0v) is 9.03. The molecule has 2 N–H and O–H groups in total. The number of carbonyl (C=O) groups excluding carboxylic acids is 1. The zero-order chi connectivity index (χ0) is 11.3. The lowest BCUT2D eigenvalue weighted by molar-refractivity contribution is -0.122. The molecule has 0 saturated carbocycles. The van der Waals surface area contributed by atoms with Crippen LogP contribution in [0.2, 0.25) is 0 Å². The van der Waals surface area contributed by atoms with E-state index in [0.717, 1.165) is 5.69 Å². The van der Waals surface area contributed by atoms with Gasteiger partial charge in [-0.3, -0.25) is 9.78 Å². The Morgan fingerprint density at radius 1 is 1.53 bits per heavy atom. The first kappa shape index (κ1) is 11.7. The summed E-state index contributed by atoms with van der Waals surface area (Å²) in [6, 6.07) is 5.44. The van der Waals surface area contributed by atoms with Gasteiger partial charge in [0.05, 0.1) is 18.6 Å². The molecule has 15 heavy (non-hydrogen) atoms. The molecule has 0 saturated heterocycles. The predicted octanol–water partition coefficient (Wildman–Crippen LogP) is 0.511. The maximum absolute atomic E-state index is 11.5. The molecular weight excluding hydrogens is 192 g/mol. The van der Waals surface area contributed by atoms with Crippen LogP contribution in [0.5, 0.6) is 0 Å². The Labute approximate surface area is 89.3 Å². The maximum Gasteiger partial charge on any atom is 0.226 e. The summed E-state index contributed by atoms with van der Waals surface area (Å²) in [5.74, 6) is -0.132. The molecule has 1 rings (SSSR count). The van der Waals surface area contributed by atoms with Crippen molar-refractivity contribution >= 4 is 5.91 Å². The second-order valence-corrected chi connectivity index (χ2v) is 4.09. The van der Waals surface area contributed by atoms with E-state index in [0.29, 0.717) is 0 Å². The van der Waals surface area contributed by atoms with E-state index in [1.54, 1.807) is 32.2 Å². The Balaban J connectivity index is 2.51. The summed E-state index contributed by atoms with van der Waals surface area (Å²) in [6.45, 7) is 3.45. The summed E-state index contributed by atoms with van der Waals surface area (Å²) in [5.41, 5.74) is 0.148. The van der Waals surface area contributed by atoms with Crippen molar-refractivity contribution < 1.29 is 9.90 Å². The van der Waals surface area contributed by atoms with E-state index < -0.39 is 5.54 Å². The average molecular weight is 208 g/mol. The van der Waals surface area contributed by atoms with E-state index in [2.05, 4.69) is 10.3 Å². The summed E-state index contributed by atoms with van der Waals surface area (Å²) in [5, 5.41) is 11.7. The van der Waals surface area contributed by atoms with Crippen LogP contribution in [0.25, 0.3) is 0 Å². The van der Waals surface area contributed by atoms with E-state index in [1.807, 2.05) is 6.07 Å². The van der Waals surface area contributed by atoms with E-state index in [4.69, 9.17) is 5.11 Å². The minimum Gasteiger partial charge on any atom is -0.394 e. The van der Waals surface area contributed by atoms with Gasteiger partial charge in [0, 0.05) is 11.9 Å². The molecule has 0 bridgehead atoms. The Morgan fingerprint density at radius 2 is 2.27 bits per heavy atom. The van der Waals surface area contributed by atoms with E-state index in [-0.39, 0.29) is 18.9 Å². The fourth-order valence-electron chi connectivity index (χ4n) is 1.13. The summed E-state index contributed by atoms with van der Waals surface area (Å²) in [7, 11) is 0. The minimum atomic E-state index is -0.578. The summed E-state index contributed by atoms with van der Waals surface area (Å²) in [4.78, 5) is 15.6. The number of aliphatic hydroxyl groups is 1. The number of carbonyl (C=O) groups is 1. The second-order valence-electron chi connectivity index (χ2n) is 4.09. The van der Waals surface area contributed by atoms with Crippen LogP contribution in [-0.2, 0) is 11.2 Å². The highest BCUT2D eigenvalue weighted by Crippen LogP contribution is 2.01. The molecule has 0 unspecified atom stereocenters. The molecule has 1 heterocycles. The highest BCUT2D eigenvalue weighted by atomic mass is 16.3. The number of aromatic nitrogens is 1. The number of nitrogens with one attached hydrogen (secondary N) is 1. The van der Waals surface area contributed by atoms with E-state index >= 15 is 0 Å². The first-order valence-corrected chi connectivity index (χ1v) is 4.85. The molecule has 1 aromatic heterocycles. The van der Waals surface area contributed by atoms with Crippen LogP contribution >= 0.6 is 0 Å². The van der Waals surface area contributed by atoms with Crippen LogP contribution in [-0.4, -0.2) is 28.1 Å². The third kappa shape index (κ3) is 4.08. The molecule has 0 aliphatic carbocycles. The third-order valence-corrected chi connectivity index (χ3v) is 1.94. The largest absolute Gasteiger partial charge is 0.394 e. The molecule has 0 fully saturated rings. The number of aliphatic hydroxyl groups excluding tert-OH is 1. The van der Waals surface area contributed by atoms with Crippen molar-refractivity contribution in [3.8, 4) is 0 Å². The molecule has 0 atom stereocenters. The Morgan fingerprint density at radius 3 is 2.80 bits per heavy atom. The van der Waals surface area contributed by atoms with Gasteiger partial charge < -0.3 is 10.4 Å². The summed E-state index contributed by atoms with van der Waals surface area (Å²) in [6.07, 6.45) is 1.89. The number of hydrogen-bond donors (Lipinski definition) is 2. The lowest BCUT2D eigenvalue weighted by atomic mass is 10.1. The number of nitrogens with zero attached hydrogens (tertiary/aromatic N) is 1. The maximum atomic E-state index is 11.5. The van der Waals surface area contributed by atoms with Crippen LogP contribution in [0, 0.1) is 0 Å². The Bertz CT molecular complexity index is 323. The van der Waals surface area contributed by atoms with Gasteiger partial charge in [-0.05, 0) is 26.0 Å². The molecule has 1 aromatic rings. The van der Waals surface area contributed by atoms with E-state index in [1.165, 1.54) is 0 Å². The normalized spacial score (nSPS) is 11.1. The lowest BCUT2D eigenvalue weighted by Gasteiger charge is -2.23. The SMILES string of the molecule is CC(C)(CO)NC(=O)Cc1ccccn1. The topological polar surface area (TPSA) is 62.2 Å². The van der Waals surface area contributed by atoms with Crippen molar-refractivity contribution in [1.82, 2.24) is 10.3 Å². The number of amides is 1. The van der Waals surface area contributed by atoms with Crippen molar-refractivity contribution in [3.63, 3.8) is 0 Å². The van der Waals surface area contributed by atoms with Crippen molar-refractivity contribution in [1.29, 1.82) is 0 Å². The van der Waals surface area contributed by atoms with Crippen LogP contribution in [0.4, 0.5) is 0 Å². The Kier molecular flexibility index (Phi) is 3.80. The highest BCUT2D eigenvalue weighted by Gasteiger charge is 2.18. The predicted molar refractivity (Wildman–Crippen MR) is 57.2 cm³/mol. The minimum absolute atomic E-state index is 0.0824. The van der Waals surface area contributed by atoms with Gasteiger partial charge in [0.15, 0.2) is 0 Å². The molecule has 4 nitrogen and oxygen atoms in total. The van der Waals surface area contributed by atoms with Crippen LogP contribution < -0.4 is 5.32 Å². The lowest BCUT2D eigenvalue weighted by Crippen LogP contribution is -2.46. The van der Waals surface area contributed by atoms with E-state index in [9.17, 15) is 4.79 Å². The van der Waals surface area contributed by atoms with Gasteiger partial charge in [0.1, 0.15) is 0 Å². The number of hydrogen-bond acceptors (Lipinski definition) is 3.